The Bertz CT molecular complexity index is 496. The molecule has 0 aromatic heterocycles. The van der Waals surface area contributed by atoms with Crippen LogP contribution < -0.4 is 14.8 Å². The fourth-order valence-corrected chi connectivity index (χ4v) is 2.75. The summed E-state index contributed by atoms with van der Waals surface area (Å²) in [5.74, 6) is 1.18. The van der Waals surface area contributed by atoms with E-state index in [-0.39, 0.29) is 11.8 Å². The fraction of sp³-hybridized carbons (Fsp3) is 0.533. The molecule has 0 spiro atoms. The highest BCUT2D eigenvalue weighted by atomic mass is 16.5. The maximum atomic E-state index is 9.75. The van der Waals surface area contributed by atoms with Crippen LogP contribution in [-0.2, 0) is 0 Å². The van der Waals surface area contributed by atoms with Crippen LogP contribution in [0.5, 0.6) is 17.2 Å². The van der Waals surface area contributed by atoms with Gasteiger partial charge in [-0.1, -0.05) is 0 Å². The standard InChI is InChI=1S/C15H21N3O3/c1-20-13-9-11(19)10-14(21-2)15(13)12(3-4-16)18-7-5-17-6-8-18/h9-10,12,17,19H,3,5-8H2,1-2H3/t12-/m1/s1. The highest BCUT2D eigenvalue weighted by molar-refractivity contribution is 5.52. The first-order valence-electron chi connectivity index (χ1n) is 6.97. The quantitative estimate of drug-likeness (QED) is 0.850. The largest absolute Gasteiger partial charge is 0.508 e. The number of hydrogen-bond acceptors (Lipinski definition) is 6. The minimum absolute atomic E-state index is 0.0865. The van der Waals surface area contributed by atoms with Gasteiger partial charge in [0.1, 0.15) is 17.2 Å². The first kappa shape index (κ1) is 15.4. The predicted molar refractivity (Wildman–Crippen MR) is 78.6 cm³/mol. The van der Waals surface area contributed by atoms with E-state index in [1.165, 1.54) is 0 Å². The van der Waals surface area contributed by atoms with Crippen LogP contribution in [0.15, 0.2) is 12.1 Å². The normalized spacial score (nSPS) is 17.0. The summed E-state index contributed by atoms with van der Waals surface area (Å²) in [7, 11) is 3.11. The van der Waals surface area contributed by atoms with Crippen molar-refractivity contribution in [3.8, 4) is 23.3 Å². The van der Waals surface area contributed by atoms with Gasteiger partial charge in [-0.05, 0) is 0 Å². The van der Waals surface area contributed by atoms with Crippen LogP contribution in [0.25, 0.3) is 0 Å². The van der Waals surface area contributed by atoms with Crippen molar-refractivity contribution in [2.75, 3.05) is 40.4 Å². The first-order valence-corrected chi connectivity index (χ1v) is 6.97. The van der Waals surface area contributed by atoms with Gasteiger partial charge in [0.25, 0.3) is 0 Å². The third-order valence-electron chi connectivity index (χ3n) is 3.74. The number of rotatable bonds is 5. The molecule has 1 aliphatic heterocycles. The zero-order chi connectivity index (χ0) is 15.2. The van der Waals surface area contributed by atoms with E-state index in [1.807, 2.05) is 0 Å². The van der Waals surface area contributed by atoms with Crippen molar-refractivity contribution in [3.63, 3.8) is 0 Å². The Balaban J connectivity index is 2.45. The van der Waals surface area contributed by atoms with Crippen molar-refractivity contribution in [2.24, 2.45) is 0 Å². The number of nitriles is 1. The summed E-state index contributed by atoms with van der Waals surface area (Å²) in [6.07, 6.45) is 0.345. The van der Waals surface area contributed by atoms with Crippen molar-refractivity contribution in [2.45, 2.75) is 12.5 Å². The van der Waals surface area contributed by atoms with Crippen LogP contribution in [0.4, 0.5) is 0 Å². The average molecular weight is 291 g/mol. The fourth-order valence-electron chi connectivity index (χ4n) is 2.75. The predicted octanol–water partition coefficient (Wildman–Crippen LogP) is 1.27. The molecule has 2 rings (SSSR count). The maximum absolute atomic E-state index is 9.75. The molecule has 114 valence electrons. The third-order valence-corrected chi connectivity index (χ3v) is 3.74. The molecule has 0 unspecified atom stereocenters. The molecule has 1 aromatic rings. The first-order chi connectivity index (χ1) is 10.2. The molecule has 2 N–H and O–H groups in total. The zero-order valence-electron chi connectivity index (χ0n) is 12.4. The molecule has 0 amide bonds. The molecule has 0 radical (unpaired) electrons. The second-order valence-corrected chi connectivity index (χ2v) is 4.93. The van der Waals surface area contributed by atoms with Gasteiger partial charge in [0.15, 0.2) is 0 Å². The second-order valence-electron chi connectivity index (χ2n) is 4.93. The van der Waals surface area contributed by atoms with E-state index in [0.717, 1.165) is 31.7 Å². The molecule has 1 aromatic carbocycles. The van der Waals surface area contributed by atoms with Gasteiger partial charge >= 0.3 is 0 Å². The lowest BCUT2D eigenvalue weighted by Gasteiger charge is -2.35. The van der Waals surface area contributed by atoms with Crippen molar-refractivity contribution in [1.29, 1.82) is 5.26 Å². The summed E-state index contributed by atoms with van der Waals surface area (Å²) >= 11 is 0. The minimum atomic E-state index is -0.109. The number of phenolic OH excluding ortho intramolecular Hbond substituents is 1. The van der Waals surface area contributed by atoms with Gasteiger partial charge in [-0.15, -0.1) is 0 Å². The lowest BCUT2D eigenvalue weighted by Crippen LogP contribution is -2.45. The Hall–Kier alpha value is -1.97. The van der Waals surface area contributed by atoms with Gasteiger partial charge in [-0.2, -0.15) is 5.26 Å². The Morgan fingerprint density at radius 1 is 1.29 bits per heavy atom. The van der Waals surface area contributed by atoms with E-state index >= 15 is 0 Å². The Kier molecular flexibility index (Phi) is 5.26. The van der Waals surface area contributed by atoms with Crippen LogP contribution >= 0.6 is 0 Å². The molecule has 21 heavy (non-hydrogen) atoms. The lowest BCUT2D eigenvalue weighted by atomic mass is 9.99. The van der Waals surface area contributed by atoms with E-state index in [4.69, 9.17) is 9.47 Å². The number of phenols is 1. The van der Waals surface area contributed by atoms with E-state index in [2.05, 4.69) is 16.3 Å². The maximum Gasteiger partial charge on any atom is 0.131 e. The van der Waals surface area contributed by atoms with Gasteiger partial charge in [0, 0.05) is 38.3 Å². The summed E-state index contributed by atoms with van der Waals surface area (Å²) in [5.41, 5.74) is 0.821. The molecule has 6 nitrogen and oxygen atoms in total. The Labute approximate surface area is 124 Å². The molecule has 1 saturated heterocycles. The number of methoxy groups -OCH3 is 2. The molecule has 0 bridgehead atoms. The van der Waals surface area contributed by atoms with Crippen LogP contribution in [0.2, 0.25) is 0 Å². The SMILES string of the molecule is COc1cc(O)cc(OC)c1[C@@H](CC#N)N1CCNCC1. The van der Waals surface area contributed by atoms with Crippen LogP contribution in [0, 0.1) is 11.3 Å². The summed E-state index contributed by atoms with van der Waals surface area (Å²) in [6, 6.07) is 5.26. The number of aromatic hydroxyl groups is 1. The number of nitrogens with one attached hydrogen (secondary N) is 1. The highest BCUT2D eigenvalue weighted by Gasteiger charge is 2.28. The molecule has 0 saturated carbocycles. The number of hydrogen-bond donors (Lipinski definition) is 2. The highest BCUT2D eigenvalue weighted by Crippen LogP contribution is 2.41. The molecule has 1 fully saturated rings. The number of piperazine rings is 1. The van der Waals surface area contributed by atoms with E-state index in [0.29, 0.717) is 17.9 Å². The van der Waals surface area contributed by atoms with Crippen LogP contribution in [0.1, 0.15) is 18.0 Å². The van der Waals surface area contributed by atoms with E-state index < -0.39 is 0 Å². The van der Waals surface area contributed by atoms with Crippen molar-refractivity contribution in [3.05, 3.63) is 17.7 Å². The zero-order valence-corrected chi connectivity index (χ0v) is 12.4. The Morgan fingerprint density at radius 3 is 2.33 bits per heavy atom. The van der Waals surface area contributed by atoms with Crippen molar-refractivity contribution in [1.82, 2.24) is 10.2 Å². The van der Waals surface area contributed by atoms with Crippen LogP contribution in [-0.4, -0.2) is 50.4 Å². The second kappa shape index (κ2) is 7.16. The Morgan fingerprint density at radius 2 is 1.86 bits per heavy atom. The molecule has 1 atom stereocenters. The summed E-state index contributed by atoms with van der Waals surface area (Å²) in [4.78, 5) is 2.25. The van der Waals surface area contributed by atoms with Gasteiger partial charge < -0.3 is 19.9 Å². The summed E-state index contributed by atoms with van der Waals surface area (Å²) < 4.78 is 10.8. The van der Waals surface area contributed by atoms with Crippen molar-refractivity contribution >= 4 is 0 Å². The van der Waals surface area contributed by atoms with Gasteiger partial charge in [-0.25, -0.2) is 0 Å². The summed E-state index contributed by atoms with van der Waals surface area (Å²) in [5, 5.41) is 22.2. The number of ether oxygens (including phenoxy) is 2. The molecule has 1 aliphatic rings. The third kappa shape index (κ3) is 3.38. The molecule has 0 aliphatic carbocycles. The van der Waals surface area contributed by atoms with Crippen molar-refractivity contribution < 1.29 is 14.6 Å². The molecular formula is C15H21N3O3. The summed E-state index contributed by atoms with van der Waals surface area (Å²) in [6.45, 7) is 3.51. The average Bonchev–Trinajstić information content (AvgIpc) is 2.53. The van der Waals surface area contributed by atoms with E-state index in [9.17, 15) is 10.4 Å². The number of nitrogens with zero attached hydrogens (tertiary/aromatic N) is 2. The van der Waals surface area contributed by atoms with E-state index in [1.54, 1.807) is 26.4 Å². The van der Waals surface area contributed by atoms with Gasteiger partial charge in [-0.3, -0.25) is 4.90 Å². The molecule has 6 heteroatoms. The molecular weight excluding hydrogens is 270 g/mol. The monoisotopic (exact) mass is 291 g/mol. The van der Waals surface area contributed by atoms with Gasteiger partial charge in [0.05, 0.1) is 38.3 Å². The molecule has 1 heterocycles. The topological polar surface area (TPSA) is 77.8 Å². The van der Waals surface area contributed by atoms with Crippen LogP contribution in [0.3, 0.4) is 0 Å². The number of benzene rings is 1. The lowest BCUT2D eigenvalue weighted by molar-refractivity contribution is 0.169. The minimum Gasteiger partial charge on any atom is -0.508 e. The van der Waals surface area contributed by atoms with Gasteiger partial charge in [0.2, 0.25) is 0 Å². The smallest absolute Gasteiger partial charge is 0.131 e.